The molecule has 0 aliphatic rings. The first-order valence-corrected chi connectivity index (χ1v) is 6.43. The average molecular weight is 267 g/mol. The molecule has 1 atom stereocenters. The minimum Gasteiger partial charge on any atom is -0.481 e. The zero-order valence-corrected chi connectivity index (χ0v) is 11.6. The van der Waals surface area contributed by atoms with Crippen molar-refractivity contribution in [1.82, 2.24) is 15.5 Å². The molecule has 1 heterocycles. The molecule has 1 amide bonds. The third kappa shape index (κ3) is 4.73. The van der Waals surface area contributed by atoms with Crippen molar-refractivity contribution in [3.8, 4) is 0 Å². The van der Waals surface area contributed by atoms with E-state index < -0.39 is 5.97 Å². The summed E-state index contributed by atoms with van der Waals surface area (Å²) in [5.41, 5.74) is 2.04. The number of carboxylic acid groups (broad SMARTS) is 1. The van der Waals surface area contributed by atoms with Crippen LogP contribution in [0, 0.1) is 19.8 Å². The number of carbonyl (C=O) groups is 2. The van der Waals surface area contributed by atoms with Gasteiger partial charge in [-0.1, -0.05) is 6.92 Å². The fourth-order valence-corrected chi connectivity index (χ4v) is 1.92. The number of aryl methyl sites for hydroxylation is 2. The number of nitrogens with one attached hydrogen (secondary N) is 2. The van der Waals surface area contributed by atoms with Gasteiger partial charge in [0.25, 0.3) is 5.91 Å². The highest BCUT2D eigenvalue weighted by Crippen LogP contribution is 2.11. The van der Waals surface area contributed by atoms with Gasteiger partial charge in [-0.25, -0.2) is 0 Å². The molecule has 0 aromatic carbocycles. The Balaban J connectivity index is 2.33. The van der Waals surface area contributed by atoms with Crippen molar-refractivity contribution < 1.29 is 14.7 Å². The molecule has 0 radical (unpaired) electrons. The lowest BCUT2D eigenvalue weighted by Crippen LogP contribution is -2.26. The molecule has 1 aromatic rings. The lowest BCUT2D eigenvalue weighted by atomic mass is 10.0. The van der Waals surface area contributed by atoms with E-state index in [4.69, 9.17) is 5.11 Å². The lowest BCUT2D eigenvalue weighted by Gasteiger charge is -2.10. The highest BCUT2D eigenvalue weighted by molar-refractivity contribution is 5.96. The Kier molecular flexibility index (Phi) is 5.54. The minimum atomic E-state index is -0.777. The Hall–Kier alpha value is -1.85. The maximum atomic E-state index is 11.9. The molecule has 6 heteroatoms. The van der Waals surface area contributed by atoms with Gasteiger partial charge in [0.1, 0.15) is 0 Å². The quantitative estimate of drug-likeness (QED) is 0.700. The first-order chi connectivity index (χ1) is 8.91. The Morgan fingerprint density at radius 2 is 2.05 bits per heavy atom. The van der Waals surface area contributed by atoms with Crippen LogP contribution in [0.2, 0.25) is 0 Å². The van der Waals surface area contributed by atoms with E-state index in [-0.39, 0.29) is 18.2 Å². The first kappa shape index (κ1) is 15.2. The largest absolute Gasteiger partial charge is 0.481 e. The van der Waals surface area contributed by atoms with Crippen molar-refractivity contribution in [2.75, 3.05) is 6.54 Å². The van der Waals surface area contributed by atoms with Crippen molar-refractivity contribution in [2.24, 2.45) is 5.92 Å². The number of carboxylic acids is 1. The average Bonchev–Trinajstić information content (AvgIpc) is 2.66. The van der Waals surface area contributed by atoms with Gasteiger partial charge in [0.2, 0.25) is 0 Å². The van der Waals surface area contributed by atoms with E-state index in [1.54, 1.807) is 6.92 Å². The third-order valence-corrected chi connectivity index (χ3v) is 3.13. The predicted molar refractivity (Wildman–Crippen MR) is 71.0 cm³/mol. The lowest BCUT2D eigenvalue weighted by molar-refractivity contribution is -0.137. The first-order valence-electron chi connectivity index (χ1n) is 6.43. The molecule has 0 bridgehead atoms. The van der Waals surface area contributed by atoms with Gasteiger partial charge in [-0.2, -0.15) is 5.10 Å². The second kappa shape index (κ2) is 6.92. The number of amides is 1. The number of rotatable bonds is 7. The number of H-pyrrole nitrogens is 1. The predicted octanol–water partition coefficient (Wildman–Crippen LogP) is 1.65. The van der Waals surface area contributed by atoms with Crippen LogP contribution in [0.1, 0.15) is 47.9 Å². The third-order valence-electron chi connectivity index (χ3n) is 3.13. The SMILES string of the molecule is Cc1n[nH]c(C)c1C(=O)NCCC(C)CCC(=O)O. The molecule has 1 unspecified atom stereocenters. The zero-order valence-electron chi connectivity index (χ0n) is 11.6. The number of aromatic amines is 1. The summed E-state index contributed by atoms with van der Waals surface area (Å²) < 4.78 is 0. The summed E-state index contributed by atoms with van der Waals surface area (Å²) >= 11 is 0. The van der Waals surface area contributed by atoms with Gasteiger partial charge in [-0.15, -0.1) is 0 Å². The Bertz CT molecular complexity index is 434. The number of carbonyl (C=O) groups excluding carboxylic acids is 1. The number of hydrogen-bond donors (Lipinski definition) is 3. The summed E-state index contributed by atoms with van der Waals surface area (Å²) in [6.07, 6.45) is 1.58. The molecule has 0 saturated heterocycles. The van der Waals surface area contributed by atoms with E-state index in [9.17, 15) is 9.59 Å². The second-order valence-electron chi connectivity index (χ2n) is 4.89. The van der Waals surface area contributed by atoms with Gasteiger partial charge >= 0.3 is 5.97 Å². The molecule has 1 rings (SSSR count). The van der Waals surface area contributed by atoms with Crippen molar-refractivity contribution in [2.45, 2.75) is 40.0 Å². The number of hydrogen-bond acceptors (Lipinski definition) is 3. The molecular weight excluding hydrogens is 246 g/mol. The highest BCUT2D eigenvalue weighted by atomic mass is 16.4. The van der Waals surface area contributed by atoms with Crippen LogP contribution in [0.5, 0.6) is 0 Å². The topological polar surface area (TPSA) is 95.1 Å². The van der Waals surface area contributed by atoms with Gasteiger partial charge in [0.05, 0.1) is 11.3 Å². The summed E-state index contributed by atoms with van der Waals surface area (Å²) in [7, 11) is 0. The van der Waals surface area contributed by atoms with Crippen LogP contribution in [-0.2, 0) is 4.79 Å². The van der Waals surface area contributed by atoms with Crippen LogP contribution in [0.4, 0.5) is 0 Å². The molecular formula is C13H21N3O3. The fraction of sp³-hybridized carbons (Fsp3) is 0.615. The maximum Gasteiger partial charge on any atom is 0.303 e. The van der Waals surface area contributed by atoms with E-state index in [2.05, 4.69) is 15.5 Å². The van der Waals surface area contributed by atoms with Crippen molar-refractivity contribution in [3.05, 3.63) is 17.0 Å². The summed E-state index contributed by atoms with van der Waals surface area (Å²) in [5, 5.41) is 18.2. The molecule has 19 heavy (non-hydrogen) atoms. The maximum absolute atomic E-state index is 11.9. The molecule has 106 valence electrons. The molecule has 1 aromatic heterocycles. The molecule has 0 aliphatic heterocycles. The zero-order chi connectivity index (χ0) is 14.4. The van der Waals surface area contributed by atoms with Crippen LogP contribution in [-0.4, -0.2) is 33.7 Å². The van der Waals surface area contributed by atoms with Gasteiger partial charge < -0.3 is 10.4 Å². The standard InChI is InChI=1S/C13H21N3O3/c1-8(4-5-11(17)18)6-7-14-13(19)12-9(2)15-16-10(12)3/h8H,4-7H2,1-3H3,(H,14,19)(H,15,16)(H,17,18). The molecule has 3 N–H and O–H groups in total. The van der Waals surface area contributed by atoms with Crippen LogP contribution < -0.4 is 5.32 Å². The van der Waals surface area contributed by atoms with E-state index in [0.29, 0.717) is 24.2 Å². The molecule has 0 aliphatic carbocycles. The monoisotopic (exact) mass is 267 g/mol. The van der Waals surface area contributed by atoms with Gasteiger partial charge in [-0.3, -0.25) is 14.7 Å². The van der Waals surface area contributed by atoms with Crippen LogP contribution in [0.25, 0.3) is 0 Å². The summed E-state index contributed by atoms with van der Waals surface area (Å²) in [6, 6.07) is 0. The second-order valence-corrected chi connectivity index (χ2v) is 4.89. The molecule has 0 fully saturated rings. The summed E-state index contributed by atoms with van der Waals surface area (Å²) in [6.45, 7) is 6.13. The van der Waals surface area contributed by atoms with Crippen molar-refractivity contribution in [1.29, 1.82) is 0 Å². The van der Waals surface area contributed by atoms with Crippen molar-refractivity contribution in [3.63, 3.8) is 0 Å². The van der Waals surface area contributed by atoms with E-state index in [1.807, 2.05) is 13.8 Å². The van der Waals surface area contributed by atoms with Gasteiger partial charge in [-0.05, 0) is 32.6 Å². The van der Waals surface area contributed by atoms with Crippen LogP contribution >= 0.6 is 0 Å². The smallest absolute Gasteiger partial charge is 0.303 e. The van der Waals surface area contributed by atoms with E-state index in [0.717, 1.165) is 12.1 Å². The molecule has 0 saturated carbocycles. The van der Waals surface area contributed by atoms with Gasteiger partial charge in [0.15, 0.2) is 0 Å². The summed E-state index contributed by atoms with van der Waals surface area (Å²) in [5.74, 6) is -0.627. The Morgan fingerprint density at radius 3 is 2.58 bits per heavy atom. The van der Waals surface area contributed by atoms with E-state index in [1.165, 1.54) is 0 Å². The Morgan fingerprint density at radius 1 is 1.37 bits per heavy atom. The number of aliphatic carboxylic acids is 1. The normalized spacial score (nSPS) is 12.2. The highest BCUT2D eigenvalue weighted by Gasteiger charge is 2.15. The van der Waals surface area contributed by atoms with Crippen molar-refractivity contribution >= 4 is 11.9 Å². The number of nitrogens with zero attached hydrogens (tertiary/aromatic N) is 1. The number of aromatic nitrogens is 2. The Labute approximate surface area is 112 Å². The molecule has 0 spiro atoms. The van der Waals surface area contributed by atoms with Crippen LogP contribution in [0.3, 0.4) is 0 Å². The van der Waals surface area contributed by atoms with Gasteiger partial charge in [0, 0.05) is 18.7 Å². The molecule has 6 nitrogen and oxygen atoms in total. The minimum absolute atomic E-state index is 0.130. The summed E-state index contributed by atoms with van der Waals surface area (Å²) in [4.78, 5) is 22.4. The fourth-order valence-electron chi connectivity index (χ4n) is 1.92. The van der Waals surface area contributed by atoms with Crippen LogP contribution in [0.15, 0.2) is 0 Å². The van der Waals surface area contributed by atoms with E-state index >= 15 is 0 Å².